The van der Waals surface area contributed by atoms with Crippen LogP contribution in [0.5, 0.6) is 5.75 Å². The summed E-state index contributed by atoms with van der Waals surface area (Å²) in [6, 6.07) is 6.83. The van der Waals surface area contributed by atoms with Crippen molar-refractivity contribution in [2.24, 2.45) is 0 Å². The van der Waals surface area contributed by atoms with E-state index in [2.05, 4.69) is 10.7 Å². The first kappa shape index (κ1) is 16.5. The highest BCUT2D eigenvalue weighted by Gasteiger charge is 2.32. The Morgan fingerprint density at radius 1 is 1.33 bits per heavy atom. The van der Waals surface area contributed by atoms with E-state index in [1.807, 2.05) is 29.3 Å². The topological polar surface area (TPSA) is 83.1 Å². The number of carbonyl (C=O) groups excluding carboxylic acids is 2. The maximum absolute atomic E-state index is 12.2. The Labute approximate surface area is 140 Å². The maximum Gasteiger partial charge on any atom is 0.329 e. The van der Waals surface area contributed by atoms with Crippen LogP contribution in [0.4, 0.5) is 10.5 Å². The molecule has 2 fully saturated rings. The molecule has 2 saturated heterocycles. The van der Waals surface area contributed by atoms with Gasteiger partial charge in [-0.1, -0.05) is 6.07 Å². The molecule has 2 N–H and O–H groups in total. The zero-order valence-corrected chi connectivity index (χ0v) is 13.7. The predicted molar refractivity (Wildman–Crippen MR) is 87.8 cm³/mol. The van der Waals surface area contributed by atoms with Crippen molar-refractivity contribution in [3.63, 3.8) is 0 Å². The van der Waals surface area contributed by atoms with E-state index < -0.39 is 0 Å². The van der Waals surface area contributed by atoms with E-state index in [1.165, 1.54) is 0 Å². The summed E-state index contributed by atoms with van der Waals surface area (Å²) >= 11 is 0. The van der Waals surface area contributed by atoms with Crippen molar-refractivity contribution in [3.8, 4) is 5.75 Å². The number of amides is 3. The van der Waals surface area contributed by atoms with Crippen molar-refractivity contribution in [3.05, 3.63) is 24.3 Å². The number of hydrogen-bond acceptors (Lipinski definition) is 5. The maximum atomic E-state index is 12.2. The summed E-state index contributed by atoms with van der Waals surface area (Å²) in [6.45, 7) is 2.97. The first-order chi connectivity index (χ1) is 11.7. The number of morpholine rings is 1. The summed E-state index contributed by atoms with van der Waals surface area (Å²) in [5.74, 6) is 0.682. The number of ether oxygens (including phenoxy) is 2. The van der Waals surface area contributed by atoms with Gasteiger partial charge in [-0.05, 0) is 12.1 Å². The average Bonchev–Trinajstić information content (AvgIpc) is 2.96. The van der Waals surface area contributed by atoms with E-state index >= 15 is 0 Å². The first-order valence-electron chi connectivity index (χ1n) is 8.00. The largest absolute Gasteiger partial charge is 0.497 e. The summed E-state index contributed by atoms with van der Waals surface area (Å²) in [4.78, 5) is 26.0. The molecule has 0 saturated carbocycles. The molecule has 1 atom stereocenters. The van der Waals surface area contributed by atoms with Gasteiger partial charge in [-0.15, -0.1) is 0 Å². The number of carbonyl (C=O) groups is 2. The van der Waals surface area contributed by atoms with Crippen molar-refractivity contribution >= 4 is 17.6 Å². The number of methoxy groups -OCH3 is 1. The molecule has 0 radical (unpaired) electrons. The molecule has 0 bridgehead atoms. The second-order valence-electron chi connectivity index (χ2n) is 5.79. The van der Waals surface area contributed by atoms with Crippen LogP contribution in [0.15, 0.2) is 24.3 Å². The Morgan fingerprint density at radius 2 is 2.12 bits per heavy atom. The molecule has 1 aromatic carbocycles. The van der Waals surface area contributed by atoms with Crippen molar-refractivity contribution in [2.75, 3.05) is 44.9 Å². The number of hydrogen-bond donors (Lipinski definition) is 2. The highest BCUT2D eigenvalue weighted by molar-refractivity contribution is 5.97. The van der Waals surface area contributed by atoms with Gasteiger partial charge in [-0.2, -0.15) is 0 Å². The van der Waals surface area contributed by atoms with Gasteiger partial charge in [0.2, 0.25) is 5.91 Å². The highest BCUT2D eigenvalue weighted by Crippen LogP contribution is 2.25. The number of rotatable bonds is 4. The zero-order chi connectivity index (χ0) is 16.9. The van der Waals surface area contributed by atoms with Gasteiger partial charge < -0.3 is 19.7 Å². The van der Waals surface area contributed by atoms with Crippen LogP contribution in [0, 0.1) is 0 Å². The molecular weight excluding hydrogens is 312 g/mol. The SMILES string of the molecule is COc1cccc(N2C[C@H](NC(=O)NN3CCOCC3)CC2=O)c1. The van der Waals surface area contributed by atoms with Gasteiger partial charge in [-0.25, -0.2) is 9.80 Å². The first-order valence-corrected chi connectivity index (χ1v) is 8.00. The molecule has 0 aliphatic carbocycles. The summed E-state index contributed by atoms with van der Waals surface area (Å²) in [7, 11) is 1.59. The van der Waals surface area contributed by atoms with E-state index in [-0.39, 0.29) is 24.4 Å². The molecular formula is C16H22N4O4. The molecule has 2 heterocycles. The van der Waals surface area contributed by atoms with E-state index in [9.17, 15) is 9.59 Å². The van der Waals surface area contributed by atoms with Gasteiger partial charge in [0.05, 0.1) is 26.4 Å². The van der Waals surface area contributed by atoms with Crippen LogP contribution in [0.1, 0.15) is 6.42 Å². The molecule has 8 nitrogen and oxygen atoms in total. The molecule has 2 aliphatic heterocycles. The molecule has 130 valence electrons. The lowest BCUT2D eigenvalue weighted by Crippen LogP contribution is -2.53. The Kier molecular flexibility index (Phi) is 5.17. The molecule has 0 aromatic heterocycles. The number of benzene rings is 1. The lowest BCUT2D eigenvalue weighted by molar-refractivity contribution is -0.117. The average molecular weight is 334 g/mol. The second kappa shape index (κ2) is 7.50. The summed E-state index contributed by atoms with van der Waals surface area (Å²) in [5.41, 5.74) is 3.56. The molecule has 8 heteroatoms. The molecule has 0 unspecified atom stereocenters. The third kappa shape index (κ3) is 3.95. The van der Waals surface area contributed by atoms with Gasteiger partial charge in [0.15, 0.2) is 0 Å². The smallest absolute Gasteiger partial charge is 0.329 e. The predicted octanol–water partition coefficient (Wildman–Crippen LogP) is 0.347. The normalized spacial score (nSPS) is 21.6. The fraction of sp³-hybridized carbons (Fsp3) is 0.500. The quantitative estimate of drug-likeness (QED) is 0.830. The molecule has 0 spiro atoms. The molecule has 3 amide bonds. The summed E-state index contributed by atoms with van der Waals surface area (Å²) < 4.78 is 10.4. The van der Waals surface area contributed by atoms with Crippen LogP contribution in [-0.4, -0.2) is 62.9 Å². The minimum absolute atomic E-state index is 0.0140. The third-order valence-electron chi connectivity index (χ3n) is 4.10. The minimum atomic E-state index is -0.290. The van der Waals surface area contributed by atoms with Gasteiger partial charge in [-0.3, -0.25) is 10.2 Å². The Bertz CT molecular complexity index is 603. The molecule has 2 aliphatic rings. The van der Waals surface area contributed by atoms with Gasteiger partial charge in [0, 0.05) is 37.8 Å². The fourth-order valence-corrected chi connectivity index (χ4v) is 2.87. The van der Waals surface area contributed by atoms with Crippen LogP contribution < -0.4 is 20.4 Å². The number of nitrogens with one attached hydrogen (secondary N) is 2. The lowest BCUT2D eigenvalue weighted by atomic mass is 10.2. The van der Waals surface area contributed by atoms with E-state index in [4.69, 9.17) is 9.47 Å². The van der Waals surface area contributed by atoms with Gasteiger partial charge in [0.1, 0.15) is 5.75 Å². The lowest BCUT2D eigenvalue weighted by Gasteiger charge is -2.27. The standard InChI is InChI=1S/C16H22N4O4/c1-23-14-4-2-3-13(10-14)20-11-12(9-15(20)21)17-16(22)18-19-5-7-24-8-6-19/h2-4,10,12H,5-9,11H2,1H3,(H2,17,18,22)/t12-/m1/s1. The van der Waals surface area contributed by atoms with E-state index in [1.54, 1.807) is 12.0 Å². The van der Waals surface area contributed by atoms with Crippen LogP contribution in [-0.2, 0) is 9.53 Å². The third-order valence-corrected chi connectivity index (χ3v) is 4.10. The number of urea groups is 1. The van der Waals surface area contributed by atoms with Crippen molar-refractivity contribution in [2.45, 2.75) is 12.5 Å². The fourth-order valence-electron chi connectivity index (χ4n) is 2.87. The van der Waals surface area contributed by atoms with Crippen LogP contribution in [0.3, 0.4) is 0 Å². The Morgan fingerprint density at radius 3 is 2.88 bits per heavy atom. The highest BCUT2D eigenvalue weighted by atomic mass is 16.5. The van der Waals surface area contributed by atoms with Crippen LogP contribution in [0.2, 0.25) is 0 Å². The second-order valence-corrected chi connectivity index (χ2v) is 5.79. The van der Waals surface area contributed by atoms with Gasteiger partial charge in [0.25, 0.3) is 0 Å². The minimum Gasteiger partial charge on any atom is -0.497 e. The van der Waals surface area contributed by atoms with Crippen molar-refractivity contribution in [1.29, 1.82) is 0 Å². The van der Waals surface area contributed by atoms with Crippen molar-refractivity contribution < 1.29 is 19.1 Å². The van der Waals surface area contributed by atoms with Crippen molar-refractivity contribution in [1.82, 2.24) is 15.8 Å². The van der Waals surface area contributed by atoms with E-state index in [0.29, 0.717) is 38.6 Å². The van der Waals surface area contributed by atoms with Crippen LogP contribution >= 0.6 is 0 Å². The van der Waals surface area contributed by atoms with Crippen LogP contribution in [0.25, 0.3) is 0 Å². The monoisotopic (exact) mass is 334 g/mol. The Hall–Kier alpha value is -2.32. The molecule has 24 heavy (non-hydrogen) atoms. The number of nitrogens with zero attached hydrogens (tertiary/aromatic N) is 2. The van der Waals surface area contributed by atoms with E-state index in [0.717, 1.165) is 5.69 Å². The Balaban J connectivity index is 1.55. The molecule has 1 aromatic rings. The zero-order valence-electron chi connectivity index (χ0n) is 13.7. The summed E-state index contributed by atoms with van der Waals surface area (Å²) in [6.07, 6.45) is 0.285. The molecule has 3 rings (SSSR count). The van der Waals surface area contributed by atoms with Gasteiger partial charge >= 0.3 is 6.03 Å². The number of anilines is 1. The summed E-state index contributed by atoms with van der Waals surface area (Å²) in [5, 5.41) is 4.67. The number of hydrazine groups is 1.